The summed E-state index contributed by atoms with van der Waals surface area (Å²) in [5.74, 6) is -2.99. The molecular weight excluding hydrogens is 588 g/mol. The predicted molar refractivity (Wildman–Crippen MR) is 166 cm³/mol. The van der Waals surface area contributed by atoms with Crippen molar-refractivity contribution in [3.05, 3.63) is 134 Å². The van der Waals surface area contributed by atoms with Crippen molar-refractivity contribution in [1.29, 1.82) is 0 Å². The summed E-state index contributed by atoms with van der Waals surface area (Å²) < 4.78 is 6.70. The van der Waals surface area contributed by atoms with Gasteiger partial charge in [-0.1, -0.05) is 60.7 Å². The number of carbonyl (C=O) groups is 4. The van der Waals surface area contributed by atoms with Gasteiger partial charge in [0, 0.05) is 19.2 Å². The number of amides is 3. The van der Waals surface area contributed by atoms with Crippen LogP contribution in [-0.4, -0.2) is 69.1 Å². The van der Waals surface area contributed by atoms with Crippen molar-refractivity contribution in [2.75, 3.05) is 24.7 Å². The minimum atomic E-state index is -1.01. The van der Waals surface area contributed by atoms with Gasteiger partial charge in [-0.3, -0.25) is 38.6 Å². The van der Waals surface area contributed by atoms with Crippen LogP contribution in [-0.2, 0) is 22.4 Å². The maximum atomic E-state index is 14.3. The molecule has 0 radical (unpaired) electrons. The third-order valence-electron chi connectivity index (χ3n) is 8.92. The van der Waals surface area contributed by atoms with E-state index in [1.165, 1.54) is 28.8 Å². The standard InChI is InChI=1S/C35H30N4O7/c1-21(40)46-19-18-36-29(20-37-33(43)26-12-6-7-13-27(26)34(37)44)39(38-17-16-28(41)32(42)31(38)35(36)45)30-24-10-4-2-8-22(24)14-15-23-9-3-5-11-25(23)30/h2-13,16-17,29-30,42H,14-15,18-20H2,1H3. The van der Waals surface area contributed by atoms with E-state index in [2.05, 4.69) is 0 Å². The fourth-order valence-corrected chi connectivity index (χ4v) is 6.83. The molecule has 0 saturated carbocycles. The number of rotatable bonds is 6. The van der Waals surface area contributed by atoms with E-state index < -0.39 is 47.1 Å². The van der Waals surface area contributed by atoms with Crippen molar-refractivity contribution in [3.63, 3.8) is 0 Å². The number of ether oxygens (including phenoxy) is 1. The molecule has 0 spiro atoms. The lowest BCUT2D eigenvalue weighted by Gasteiger charge is -2.50. The van der Waals surface area contributed by atoms with Gasteiger partial charge in [-0.05, 0) is 47.2 Å². The molecule has 3 heterocycles. The Hall–Kier alpha value is -5.71. The predicted octanol–water partition coefficient (Wildman–Crippen LogP) is 3.02. The second-order valence-corrected chi connectivity index (χ2v) is 11.5. The number of benzene rings is 3. The van der Waals surface area contributed by atoms with E-state index in [1.54, 1.807) is 24.3 Å². The van der Waals surface area contributed by atoms with E-state index in [0.29, 0.717) is 0 Å². The average molecular weight is 619 g/mol. The molecule has 11 heteroatoms. The molecule has 46 heavy (non-hydrogen) atoms. The number of imide groups is 1. The molecule has 232 valence electrons. The van der Waals surface area contributed by atoms with E-state index in [1.807, 2.05) is 53.5 Å². The lowest BCUT2D eigenvalue weighted by atomic mass is 9.93. The van der Waals surface area contributed by atoms with Gasteiger partial charge in [0.2, 0.25) is 5.43 Å². The van der Waals surface area contributed by atoms with Gasteiger partial charge >= 0.3 is 5.97 Å². The Kier molecular flexibility index (Phi) is 7.15. The van der Waals surface area contributed by atoms with Gasteiger partial charge < -0.3 is 14.7 Å². The van der Waals surface area contributed by atoms with Gasteiger partial charge in [0.05, 0.1) is 30.3 Å². The first-order valence-electron chi connectivity index (χ1n) is 15.0. The Morgan fingerprint density at radius 2 is 1.37 bits per heavy atom. The quantitative estimate of drug-likeness (QED) is 0.258. The molecule has 0 bridgehead atoms. The number of hydrogen-bond donors (Lipinski definition) is 1. The first-order chi connectivity index (χ1) is 22.3. The Morgan fingerprint density at radius 1 is 0.804 bits per heavy atom. The molecule has 1 aliphatic carbocycles. The molecule has 1 N–H and O–H groups in total. The molecule has 0 saturated heterocycles. The Morgan fingerprint density at radius 3 is 1.96 bits per heavy atom. The molecule has 3 aliphatic rings. The van der Waals surface area contributed by atoms with Crippen LogP contribution in [0.15, 0.2) is 89.9 Å². The summed E-state index contributed by atoms with van der Waals surface area (Å²) >= 11 is 0. The average Bonchev–Trinajstić information content (AvgIpc) is 3.18. The van der Waals surface area contributed by atoms with Crippen LogP contribution in [0, 0.1) is 0 Å². The zero-order valence-corrected chi connectivity index (χ0v) is 25.0. The Bertz CT molecular complexity index is 1900. The van der Waals surface area contributed by atoms with E-state index >= 15 is 0 Å². The number of esters is 1. The smallest absolute Gasteiger partial charge is 0.302 e. The zero-order chi connectivity index (χ0) is 32.1. The molecule has 1 aromatic heterocycles. The molecule has 1 atom stereocenters. The van der Waals surface area contributed by atoms with Crippen LogP contribution in [0.2, 0.25) is 0 Å². The molecule has 2 aliphatic heterocycles. The summed E-state index contributed by atoms with van der Waals surface area (Å²) in [5.41, 5.74) is 3.51. The monoisotopic (exact) mass is 618 g/mol. The van der Waals surface area contributed by atoms with Gasteiger partial charge in [-0.2, -0.15) is 0 Å². The molecule has 3 amide bonds. The van der Waals surface area contributed by atoms with Crippen molar-refractivity contribution in [3.8, 4) is 5.75 Å². The van der Waals surface area contributed by atoms with E-state index in [9.17, 15) is 29.1 Å². The molecule has 11 nitrogen and oxygen atoms in total. The zero-order valence-electron chi connectivity index (χ0n) is 25.0. The SMILES string of the molecule is CC(=O)OCCN1C(=O)c2c(O)c(=O)ccn2N(C2c3ccccc3CCc3ccccc32)C1CN1C(=O)c2ccccc2C1=O. The van der Waals surface area contributed by atoms with Gasteiger partial charge in [0.25, 0.3) is 17.7 Å². The molecule has 1 unspecified atom stereocenters. The fraction of sp³-hybridized carbons (Fsp3) is 0.229. The molecule has 7 rings (SSSR count). The summed E-state index contributed by atoms with van der Waals surface area (Å²) in [6.07, 6.45) is 1.92. The summed E-state index contributed by atoms with van der Waals surface area (Å²) in [7, 11) is 0. The Balaban J connectivity index is 1.46. The summed E-state index contributed by atoms with van der Waals surface area (Å²) in [6.45, 7) is 0.677. The van der Waals surface area contributed by atoms with Crippen molar-refractivity contribution in [2.45, 2.75) is 32.0 Å². The van der Waals surface area contributed by atoms with Crippen LogP contribution in [0.3, 0.4) is 0 Å². The Labute approximate surface area is 263 Å². The second kappa shape index (κ2) is 11.3. The van der Waals surface area contributed by atoms with Crippen LogP contribution in [0.1, 0.15) is 66.4 Å². The highest BCUT2D eigenvalue weighted by atomic mass is 16.5. The normalized spacial score (nSPS) is 17.3. The van der Waals surface area contributed by atoms with Gasteiger partial charge in [0.15, 0.2) is 11.4 Å². The summed E-state index contributed by atoms with van der Waals surface area (Å²) in [6, 6.07) is 23.0. The highest BCUT2D eigenvalue weighted by Crippen LogP contribution is 2.40. The van der Waals surface area contributed by atoms with Crippen LogP contribution in [0.25, 0.3) is 0 Å². The van der Waals surface area contributed by atoms with Crippen molar-refractivity contribution < 1.29 is 29.0 Å². The second-order valence-electron chi connectivity index (χ2n) is 11.5. The first kappa shape index (κ1) is 29.0. The number of hydrogen-bond acceptors (Lipinski definition) is 8. The van der Waals surface area contributed by atoms with Crippen LogP contribution < -0.4 is 10.4 Å². The summed E-state index contributed by atoms with van der Waals surface area (Å²) in [4.78, 5) is 68.6. The molecule has 4 aromatic rings. The topological polar surface area (TPSA) is 129 Å². The number of carbonyl (C=O) groups excluding carboxylic acids is 4. The van der Waals surface area contributed by atoms with Crippen molar-refractivity contribution >= 4 is 23.7 Å². The fourth-order valence-electron chi connectivity index (χ4n) is 6.83. The van der Waals surface area contributed by atoms with Crippen molar-refractivity contribution in [2.24, 2.45) is 0 Å². The van der Waals surface area contributed by atoms with E-state index in [4.69, 9.17) is 4.74 Å². The number of aromatic nitrogens is 1. The van der Waals surface area contributed by atoms with Gasteiger partial charge in [-0.15, -0.1) is 0 Å². The maximum Gasteiger partial charge on any atom is 0.302 e. The van der Waals surface area contributed by atoms with Crippen LogP contribution in [0.4, 0.5) is 0 Å². The number of fused-ring (bicyclic) bond motifs is 4. The van der Waals surface area contributed by atoms with Crippen LogP contribution >= 0.6 is 0 Å². The number of nitrogens with zero attached hydrogens (tertiary/aromatic N) is 4. The number of aryl methyl sites for hydroxylation is 2. The maximum absolute atomic E-state index is 14.3. The highest BCUT2D eigenvalue weighted by molar-refractivity contribution is 6.21. The van der Waals surface area contributed by atoms with Crippen molar-refractivity contribution in [1.82, 2.24) is 14.5 Å². The summed E-state index contributed by atoms with van der Waals surface area (Å²) in [5, 5.41) is 12.9. The minimum absolute atomic E-state index is 0.138. The number of aromatic hydroxyl groups is 1. The molecule has 0 fully saturated rings. The lowest BCUT2D eigenvalue weighted by Crippen LogP contribution is -2.66. The molecule has 3 aromatic carbocycles. The van der Waals surface area contributed by atoms with Crippen LogP contribution in [0.5, 0.6) is 5.75 Å². The first-order valence-corrected chi connectivity index (χ1v) is 15.0. The largest absolute Gasteiger partial charge is 0.502 e. The van der Waals surface area contributed by atoms with E-state index in [0.717, 1.165) is 40.0 Å². The van der Waals surface area contributed by atoms with Gasteiger partial charge in [-0.25, -0.2) is 0 Å². The lowest BCUT2D eigenvalue weighted by molar-refractivity contribution is -0.141. The third kappa shape index (κ3) is 4.63. The highest BCUT2D eigenvalue weighted by Gasteiger charge is 2.47. The minimum Gasteiger partial charge on any atom is -0.502 e. The van der Waals surface area contributed by atoms with Gasteiger partial charge in [0.1, 0.15) is 12.8 Å². The third-order valence-corrected chi connectivity index (χ3v) is 8.92. The number of pyridine rings is 1. The molecular formula is C35H30N4O7. The van der Waals surface area contributed by atoms with E-state index in [-0.39, 0.29) is 36.5 Å².